The van der Waals surface area contributed by atoms with Crippen LogP contribution in [0, 0.1) is 23.7 Å². The molecular formula is C20H20N2O4. The molecule has 1 saturated heterocycles. The van der Waals surface area contributed by atoms with Crippen molar-refractivity contribution in [2.45, 2.75) is 19.8 Å². The summed E-state index contributed by atoms with van der Waals surface area (Å²) in [6, 6.07) is 6.62. The first-order chi connectivity index (χ1) is 12.5. The molecule has 2 bridgehead atoms. The maximum atomic E-state index is 12.6. The lowest BCUT2D eigenvalue weighted by molar-refractivity contribution is -0.140. The summed E-state index contributed by atoms with van der Waals surface area (Å²) in [5.41, 5.74) is 1.16. The molecule has 6 nitrogen and oxygen atoms in total. The Morgan fingerprint density at radius 3 is 2.15 bits per heavy atom. The third-order valence-corrected chi connectivity index (χ3v) is 5.70. The molecule has 134 valence electrons. The van der Waals surface area contributed by atoms with E-state index in [2.05, 4.69) is 17.5 Å². The number of rotatable bonds is 5. The highest BCUT2D eigenvalue weighted by molar-refractivity contribution is 6.06. The fraction of sp³-hybridized carbons (Fsp3) is 0.400. The number of likely N-dealkylation sites (tertiary alicyclic amines) is 1. The number of carbonyl (C=O) groups excluding carboxylic acids is 4. The summed E-state index contributed by atoms with van der Waals surface area (Å²) in [6.45, 7) is 1.59. The molecule has 0 spiro atoms. The number of nitrogens with one attached hydrogen (secondary N) is 1. The fourth-order valence-corrected chi connectivity index (χ4v) is 4.41. The highest BCUT2D eigenvalue weighted by Crippen LogP contribution is 2.52. The quantitative estimate of drug-likeness (QED) is 0.499. The van der Waals surface area contributed by atoms with E-state index in [1.807, 2.05) is 0 Å². The van der Waals surface area contributed by atoms with E-state index in [0.29, 0.717) is 11.3 Å². The average molecular weight is 352 g/mol. The van der Waals surface area contributed by atoms with Crippen molar-refractivity contribution < 1.29 is 19.2 Å². The molecule has 3 aliphatic rings. The first-order valence-corrected chi connectivity index (χ1v) is 8.90. The van der Waals surface area contributed by atoms with Gasteiger partial charge in [0.05, 0.1) is 11.8 Å². The van der Waals surface area contributed by atoms with Gasteiger partial charge in [-0.25, -0.2) is 0 Å². The topological polar surface area (TPSA) is 83.6 Å². The maximum absolute atomic E-state index is 12.6. The predicted molar refractivity (Wildman–Crippen MR) is 94.1 cm³/mol. The SMILES string of the molecule is CC(=O)c1ccc(NC(=O)CCN2C(=O)[C@H]3[C@H](C2=O)[C@H]2C=C[C@H]3C2)cc1. The number of imide groups is 1. The van der Waals surface area contributed by atoms with Gasteiger partial charge in [0.1, 0.15) is 0 Å². The standard InChI is InChI=1S/C20H20N2O4/c1-11(23)12-4-6-15(7-5-12)21-16(24)8-9-22-19(25)17-13-2-3-14(10-13)18(17)20(22)26/h2-7,13-14,17-18H,8-10H2,1H3,(H,21,24)/t13-,14-,17+,18+/m0/s1. The van der Waals surface area contributed by atoms with Crippen LogP contribution in [0.3, 0.4) is 0 Å². The first kappa shape index (κ1) is 16.7. The molecule has 1 N–H and O–H groups in total. The molecule has 0 aromatic heterocycles. The Kier molecular flexibility index (Phi) is 3.98. The average Bonchev–Trinajstić information content (AvgIpc) is 3.28. The second-order valence-corrected chi connectivity index (χ2v) is 7.26. The molecule has 3 amide bonds. The molecule has 0 radical (unpaired) electrons. The van der Waals surface area contributed by atoms with Gasteiger partial charge in [-0.2, -0.15) is 0 Å². The van der Waals surface area contributed by atoms with E-state index in [1.54, 1.807) is 24.3 Å². The molecule has 6 heteroatoms. The Hall–Kier alpha value is -2.76. The van der Waals surface area contributed by atoms with Gasteiger partial charge < -0.3 is 5.32 Å². The van der Waals surface area contributed by atoms with Crippen LogP contribution in [0.5, 0.6) is 0 Å². The number of Topliss-reactive ketones (excluding diaryl/α,β-unsaturated/α-hetero) is 1. The maximum Gasteiger partial charge on any atom is 0.233 e. The van der Waals surface area contributed by atoms with Crippen LogP contribution in [0.1, 0.15) is 30.1 Å². The minimum Gasteiger partial charge on any atom is -0.326 e. The van der Waals surface area contributed by atoms with Gasteiger partial charge >= 0.3 is 0 Å². The zero-order valence-corrected chi connectivity index (χ0v) is 14.5. The van der Waals surface area contributed by atoms with Crippen molar-refractivity contribution in [1.82, 2.24) is 4.90 Å². The molecule has 4 atom stereocenters. The van der Waals surface area contributed by atoms with Crippen LogP contribution in [0.25, 0.3) is 0 Å². The number of hydrogen-bond donors (Lipinski definition) is 1. The number of ketones is 1. The summed E-state index contributed by atoms with van der Waals surface area (Å²) >= 11 is 0. The Balaban J connectivity index is 1.34. The van der Waals surface area contributed by atoms with E-state index in [1.165, 1.54) is 11.8 Å². The smallest absolute Gasteiger partial charge is 0.233 e. The van der Waals surface area contributed by atoms with Crippen molar-refractivity contribution in [3.63, 3.8) is 0 Å². The van der Waals surface area contributed by atoms with Gasteiger partial charge in [0.25, 0.3) is 0 Å². The molecule has 1 saturated carbocycles. The highest BCUT2D eigenvalue weighted by Gasteiger charge is 2.58. The molecule has 0 unspecified atom stereocenters. The zero-order chi connectivity index (χ0) is 18.4. The van der Waals surface area contributed by atoms with Gasteiger partial charge in [0, 0.05) is 24.2 Å². The van der Waals surface area contributed by atoms with Gasteiger partial charge in [-0.1, -0.05) is 12.2 Å². The van der Waals surface area contributed by atoms with Crippen molar-refractivity contribution >= 4 is 29.2 Å². The number of nitrogens with zero attached hydrogens (tertiary/aromatic N) is 1. The van der Waals surface area contributed by atoms with Crippen molar-refractivity contribution in [2.24, 2.45) is 23.7 Å². The Morgan fingerprint density at radius 1 is 1.04 bits per heavy atom. The van der Waals surface area contributed by atoms with E-state index in [0.717, 1.165) is 6.42 Å². The first-order valence-electron chi connectivity index (χ1n) is 8.90. The molecule has 4 rings (SSSR count). The predicted octanol–water partition coefficient (Wildman–Crippen LogP) is 2.02. The Bertz CT molecular complexity index is 797. The lowest BCUT2D eigenvalue weighted by Gasteiger charge is -2.17. The van der Waals surface area contributed by atoms with Crippen molar-refractivity contribution in [3.05, 3.63) is 42.0 Å². The molecule has 26 heavy (non-hydrogen) atoms. The molecule has 1 aromatic carbocycles. The van der Waals surface area contributed by atoms with E-state index in [9.17, 15) is 19.2 Å². The second-order valence-electron chi connectivity index (χ2n) is 7.26. The Labute approximate surface area is 151 Å². The lowest BCUT2D eigenvalue weighted by Crippen LogP contribution is -2.35. The van der Waals surface area contributed by atoms with Crippen LogP contribution in [-0.2, 0) is 14.4 Å². The molecule has 1 heterocycles. The zero-order valence-electron chi connectivity index (χ0n) is 14.5. The lowest BCUT2D eigenvalue weighted by atomic mass is 9.85. The number of fused-ring (bicyclic) bond motifs is 5. The highest BCUT2D eigenvalue weighted by atomic mass is 16.2. The van der Waals surface area contributed by atoms with Crippen LogP contribution >= 0.6 is 0 Å². The molecule has 2 fully saturated rings. The van der Waals surface area contributed by atoms with E-state index >= 15 is 0 Å². The summed E-state index contributed by atoms with van der Waals surface area (Å²) in [5, 5.41) is 2.73. The number of amides is 3. The number of hydrogen-bond acceptors (Lipinski definition) is 4. The van der Waals surface area contributed by atoms with Crippen LogP contribution < -0.4 is 5.32 Å². The minimum absolute atomic E-state index is 0.0389. The van der Waals surface area contributed by atoms with Crippen molar-refractivity contribution in [3.8, 4) is 0 Å². The summed E-state index contributed by atoms with van der Waals surface area (Å²) in [4.78, 5) is 49.8. The minimum atomic E-state index is -0.265. The number of carbonyl (C=O) groups is 4. The molecular weight excluding hydrogens is 332 g/mol. The third-order valence-electron chi connectivity index (χ3n) is 5.70. The molecule has 1 aliphatic heterocycles. The van der Waals surface area contributed by atoms with Crippen molar-refractivity contribution in [2.75, 3.05) is 11.9 Å². The summed E-state index contributed by atoms with van der Waals surface area (Å²) in [7, 11) is 0. The van der Waals surface area contributed by atoms with E-state index in [-0.39, 0.29) is 60.1 Å². The van der Waals surface area contributed by atoms with Crippen LogP contribution in [-0.4, -0.2) is 34.9 Å². The van der Waals surface area contributed by atoms with Gasteiger partial charge in [0.15, 0.2) is 5.78 Å². The molecule has 1 aromatic rings. The number of allylic oxidation sites excluding steroid dienone is 2. The second kappa shape index (κ2) is 6.20. The van der Waals surface area contributed by atoms with Gasteiger partial charge in [-0.15, -0.1) is 0 Å². The van der Waals surface area contributed by atoms with Gasteiger partial charge in [0.2, 0.25) is 17.7 Å². The van der Waals surface area contributed by atoms with Gasteiger partial charge in [-0.3, -0.25) is 24.1 Å². The summed E-state index contributed by atoms with van der Waals surface area (Å²) < 4.78 is 0. The largest absolute Gasteiger partial charge is 0.326 e. The van der Waals surface area contributed by atoms with Crippen LogP contribution in [0.15, 0.2) is 36.4 Å². The van der Waals surface area contributed by atoms with E-state index < -0.39 is 0 Å². The third kappa shape index (κ3) is 2.66. The summed E-state index contributed by atoms with van der Waals surface area (Å²) in [6.07, 6.45) is 5.07. The fourth-order valence-electron chi connectivity index (χ4n) is 4.41. The summed E-state index contributed by atoms with van der Waals surface area (Å²) in [5.74, 6) is -0.646. The Morgan fingerprint density at radius 2 is 1.62 bits per heavy atom. The van der Waals surface area contributed by atoms with Crippen LogP contribution in [0.2, 0.25) is 0 Å². The number of benzene rings is 1. The number of anilines is 1. The monoisotopic (exact) mass is 352 g/mol. The van der Waals surface area contributed by atoms with Crippen molar-refractivity contribution in [1.29, 1.82) is 0 Å². The van der Waals surface area contributed by atoms with E-state index in [4.69, 9.17) is 0 Å². The van der Waals surface area contributed by atoms with Gasteiger partial charge in [-0.05, 0) is 49.4 Å². The molecule has 2 aliphatic carbocycles. The normalized spacial score (nSPS) is 28.6. The van der Waals surface area contributed by atoms with Crippen LogP contribution in [0.4, 0.5) is 5.69 Å².